The molecule has 4 aromatic rings. The zero-order chi connectivity index (χ0) is 17.5. The molecule has 1 saturated heterocycles. The number of para-hydroxylation sites is 1. The Morgan fingerprint density at radius 2 is 1.73 bits per heavy atom. The molecule has 1 aliphatic rings. The summed E-state index contributed by atoms with van der Waals surface area (Å²) in [7, 11) is 0. The highest BCUT2D eigenvalue weighted by molar-refractivity contribution is 5.89. The Labute approximate surface area is 151 Å². The second-order valence-electron chi connectivity index (χ2n) is 7.15. The fourth-order valence-corrected chi connectivity index (χ4v) is 3.72. The van der Waals surface area contributed by atoms with Gasteiger partial charge in [0.1, 0.15) is 0 Å². The molecule has 130 valence electrons. The maximum Gasteiger partial charge on any atom is 0.257 e. The molecule has 0 amide bonds. The summed E-state index contributed by atoms with van der Waals surface area (Å²) in [5.41, 5.74) is 4.77. The summed E-state index contributed by atoms with van der Waals surface area (Å²) in [5.74, 6) is 0. The van der Waals surface area contributed by atoms with Gasteiger partial charge in [-0.05, 0) is 67.2 Å². The number of aromatic nitrogens is 2. The molecule has 2 aromatic carbocycles. The second kappa shape index (κ2) is 6.15. The summed E-state index contributed by atoms with van der Waals surface area (Å²) in [4.78, 5) is 21.4. The third-order valence-electron chi connectivity index (χ3n) is 5.39. The van der Waals surface area contributed by atoms with Gasteiger partial charge in [-0.25, -0.2) is 0 Å². The average Bonchev–Trinajstić information content (AvgIpc) is 3.03. The fraction of sp³-hybridized carbons (Fsp3) is 0.227. The summed E-state index contributed by atoms with van der Waals surface area (Å²) < 4.78 is 0. The lowest BCUT2D eigenvalue weighted by Crippen LogP contribution is -2.38. The van der Waals surface area contributed by atoms with E-state index in [1.54, 1.807) is 0 Å². The number of H-pyrrole nitrogens is 2. The number of likely N-dealkylation sites (tertiary alicyclic amines) is 1. The first-order chi connectivity index (χ1) is 12.8. The van der Waals surface area contributed by atoms with Gasteiger partial charge < -0.3 is 14.9 Å². The maximum atomic E-state index is 12.5. The maximum absolute atomic E-state index is 12.5. The Bertz CT molecular complexity index is 1150. The molecule has 4 heteroatoms. The van der Waals surface area contributed by atoms with Crippen molar-refractivity contribution in [1.29, 1.82) is 0 Å². The zero-order valence-electron chi connectivity index (χ0n) is 14.6. The number of nitrogens with zero attached hydrogens (tertiary/aromatic N) is 1. The Kier molecular flexibility index (Phi) is 3.64. The standard InChI is InChI=1S/C22H21N3O/c26-22-18(13-16-4-1-2-5-19(16)24-22)21-14-17-12-15(6-7-20(17)23-21)8-11-25-9-3-10-25/h1-2,4-7,12-14,23H,3,8-11H2,(H,24,26). The van der Waals surface area contributed by atoms with Crippen molar-refractivity contribution in [3.63, 3.8) is 0 Å². The number of aromatic amines is 2. The van der Waals surface area contributed by atoms with Gasteiger partial charge >= 0.3 is 0 Å². The molecule has 0 saturated carbocycles. The zero-order valence-corrected chi connectivity index (χ0v) is 14.6. The number of hydrogen-bond donors (Lipinski definition) is 2. The van der Waals surface area contributed by atoms with Gasteiger partial charge in [0, 0.05) is 23.0 Å². The summed E-state index contributed by atoms with van der Waals surface area (Å²) >= 11 is 0. The number of benzene rings is 2. The van der Waals surface area contributed by atoms with Crippen LogP contribution in [-0.4, -0.2) is 34.5 Å². The Balaban J connectivity index is 1.51. The van der Waals surface area contributed by atoms with E-state index in [0.29, 0.717) is 5.56 Å². The van der Waals surface area contributed by atoms with Crippen LogP contribution in [-0.2, 0) is 6.42 Å². The van der Waals surface area contributed by atoms with E-state index in [2.05, 4.69) is 39.1 Å². The van der Waals surface area contributed by atoms with Crippen molar-refractivity contribution >= 4 is 21.8 Å². The molecule has 0 aliphatic carbocycles. The lowest BCUT2D eigenvalue weighted by Gasteiger charge is -2.30. The van der Waals surface area contributed by atoms with Gasteiger partial charge in [0.15, 0.2) is 0 Å². The number of nitrogens with one attached hydrogen (secondary N) is 2. The molecule has 5 rings (SSSR count). The lowest BCUT2D eigenvalue weighted by atomic mass is 10.1. The lowest BCUT2D eigenvalue weighted by molar-refractivity contribution is 0.184. The molecule has 2 aromatic heterocycles. The largest absolute Gasteiger partial charge is 0.354 e. The Morgan fingerprint density at radius 3 is 2.58 bits per heavy atom. The van der Waals surface area contributed by atoms with Gasteiger partial charge in [-0.15, -0.1) is 0 Å². The van der Waals surface area contributed by atoms with Crippen LogP contribution in [0.25, 0.3) is 33.1 Å². The molecule has 1 aliphatic heterocycles. The Hall–Kier alpha value is -2.85. The monoisotopic (exact) mass is 343 g/mol. The van der Waals surface area contributed by atoms with Crippen LogP contribution in [0.2, 0.25) is 0 Å². The van der Waals surface area contributed by atoms with E-state index >= 15 is 0 Å². The highest BCUT2D eigenvalue weighted by Crippen LogP contribution is 2.25. The first kappa shape index (κ1) is 15.4. The second-order valence-corrected chi connectivity index (χ2v) is 7.15. The molecule has 2 N–H and O–H groups in total. The van der Waals surface area contributed by atoms with Gasteiger partial charge in [-0.1, -0.05) is 24.3 Å². The minimum atomic E-state index is -0.0618. The van der Waals surface area contributed by atoms with Crippen molar-refractivity contribution in [1.82, 2.24) is 14.9 Å². The van der Waals surface area contributed by atoms with E-state index in [-0.39, 0.29) is 5.56 Å². The van der Waals surface area contributed by atoms with E-state index in [9.17, 15) is 4.79 Å². The van der Waals surface area contributed by atoms with Crippen LogP contribution in [0, 0.1) is 0 Å². The smallest absolute Gasteiger partial charge is 0.257 e. The highest BCUT2D eigenvalue weighted by Gasteiger charge is 2.13. The highest BCUT2D eigenvalue weighted by atomic mass is 16.1. The molecule has 0 radical (unpaired) electrons. The average molecular weight is 343 g/mol. The van der Waals surface area contributed by atoms with Crippen molar-refractivity contribution in [2.24, 2.45) is 0 Å². The third-order valence-corrected chi connectivity index (χ3v) is 5.39. The summed E-state index contributed by atoms with van der Waals surface area (Å²) in [5, 5.41) is 2.20. The van der Waals surface area contributed by atoms with Crippen LogP contribution in [0.5, 0.6) is 0 Å². The van der Waals surface area contributed by atoms with Gasteiger partial charge in [-0.2, -0.15) is 0 Å². The van der Waals surface area contributed by atoms with Crippen molar-refractivity contribution in [2.75, 3.05) is 19.6 Å². The molecule has 4 nitrogen and oxygen atoms in total. The third kappa shape index (κ3) is 2.72. The van der Waals surface area contributed by atoms with Gasteiger partial charge in [0.2, 0.25) is 0 Å². The number of rotatable bonds is 4. The van der Waals surface area contributed by atoms with Crippen molar-refractivity contribution in [3.05, 3.63) is 70.5 Å². The van der Waals surface area contributed by atoms with E-state index in [1.807, 2.05) is 30.3 Å². The molecule has 26 heavy (non-hydrogen) atoms. The van der Waals surface area contributed by atoms with Gasteiger partial charge in [-0.3, -0.25) is 4.79 Å². The number of hydrogen-bond acceptors (Lipinski definition) is 2. The molecule has 3 heterocycles. The van der Waals surface area contributed by atoms with Crippen LogP contribution in [0.4, 0.5) is 0 Å². The summed E-state index contributed by atoms with van der Waals surface area (Å²) in [6.07, 6.45) is 2.41. The minimum Gasteiger partial charge on any atom is -0.354 e. The normalized spacial score (nSPS) is 14.8. The quantitative estimate of drug-likeness (QED) is 0.590. The van der Waals surface area contributed by atoms with Crippen molar-refractivity contribution in [2.45, 2.75) is 12.8 Å². The molecule has 1 fully saturated rings. The summed E-state index contributed by atoms with van der Waals surface area (Å²) in [6.45, 7) is 3.61. The van der Waals surface area contributed by atoms with E-state index in [4.69, 9.17) is 0 Å². The number of pyridine rings is 1. The van der Waals surface area contributed by atoms with E-state index < -0.39 is 0 Å². The minimum absolute atomic E-state index is 0.0618. The van der Waals surface area contributed by atoms with Crippen LogP contribution < -0.4 is 5.56 Å². The van der Waals surface area contributed by atoms with Crippen molar-refractivity contribution in [3.8, 4) is 11.3 Å². The topological polar surface area (TPSA) is 51.9 Å². The first-order valence-corrected chi connectivity index (χ1v) is 9.23. The van der Waals surface area contributed by atoms with Crippen LogP contribution in [0.3, 0.4) is 0 Å². The summed E-state index contributed by atoms with van der Waals surface area (Å²) in [6, 6.07) is 18.5. The first-order valence-electron chi connectivity index (χ1n) is 9.23. The van der Waals surface area contributed by atoms with Gasteiger partial charge in [0.25, 0.3) is 5.56 Å². The molecule has 0 atom stereocenters. The van der Waals surface area contributed by atoms with E-state index in [1.165, 1.54) is 25.1 Å². The molecule has 0 spiro atoms. The van der Waals surface area contributed by atoms with Gasteiger partial charge in [0.05, 0.1) is 11.3 Å². The van der Waals surface area contributed by atoms with Crippen LogP contribution in [0.1, 0.15) is 12.0 Å². The van der Waals surface area contributed by atoms with E-state index in [0.717, 1.165) is 40.5 Å². The predicted molar refractivity (Wildman–Crippen MR) is 107 cm³/mol. The molecular formula is C22H21N3O. The predicted octanol–water partition coefficient (Wildman–Crippen LogP) is 3.92. The molecular weight excluding hydrogens is 322 g/mol. The van der Waals surface area contributed by atoms with Crippen molar-refractivity contribution < 1.29 is 0 Å². The van der Waals surface area contributed by atoms with Crippen LogP contribution >= 0.6 is 0 Å². The SMILES string of the molecule is O=c1[nH]c2ccccc2cc1-c1cc2cc(CCN3CCC3)ccc2[nH]1. The Morgan fingerprint density at radius 1 is 0.885 bits per heavy atom. The molecule has 0 unspecified atom stereocenters. The molecule has 0 bridgehead atoms. The number of fused-ring (bicyclic) bond motifs is 2. The van der Waals surface area contributed by atoms with Crippen LogP contribution in [0.15, 0.2) is 59.4 Å². The fourth-order valence-electron chi connectivity index (χ4n) is 3.72.